The van der Waals surface area contributed by atoms with Gasteiger partial charge in [-0.15, -0.1) is 0 Å². The molecule has 1 atom stereocenters. The molecule has 9 nitrogen and oxygen atoms in total. The van der Waals surface area contributed by atoms with Crippen molar-refractivity contribution in [3.63, 3.8) is 0 Å². The summed E-state index contributed by atoms with van der Waals surface area (Å²) in [5.41, 5.74) is 8.19. The Balaban J connectivity index is 1.15. The lowest BCUT2D eigenvalue weighted by Crippen LogP contribution is -2.38. The minimum absolute atomic E-state index is 0.230. The van der Waals surface area contributed by atoms with Crippen molar-refractivity contribution in [1.82, 2.24) is 20.2 Å². The highest BCUT2D eigenvalue weighted by molar-refractivity contribution is 5.67. The second-order valence-corrected chi connectivity index (χ2v) is 9.35. The minimum Gasteiger partial charge on any atom is -0.449 e. The van der Waals surface area contributed by atoms with E-state index < -0.39 is 0 Å². The van der Waals surface area contributed by atoms with Gasteiger partial charge >= 0.3 is 6.09 Å². The Hall–Kier alpha value is -2.91. The van der Waals surface area contributed by atoms with Gasteiger partial charge in [-0.2, -0.15) is 4.98 Å². The smallest absolute Gasteiger partial charge is 0.409 e. The van der Waals surface area contributed by atoms with E-state index in [0.717, 1.165) is 56.7 Å². The Morgan fingerprint density at radius 3 is 2.60 bits per heavy atom. The van der Waals surface area contributed by atoms with Crippen LogP contribution in [0.25, 0.3) is 0 Å². The highest BCUT2D eigenvalue weighted by Crippen LogP contribution is 2.30. The summed E-state index contributed by atoms with van der Waals surface area (Å²) in [7, 11) is 1.99. The molecule has 1 aromatic carbocycles. The molecule has 2 fully saturated rings. The van der Waals surface area contributed by atoms with Gasteiger partial charge in [-0.25, -0.2) is 9.78 Å². The van der Waals surface area contributed by atoms with Gasteiger partial charge in [0.1, 0.15) is 5.82 Å². The van der Waals surface area contributed by atoms with Crippen LogP contribution in [0.1, 0.15) is 49.3 Å². The molecule has 2 saturated heterocycles. The number of hydrogen-bond donors (Lipinski definition) is 2. The van der Waals surface area contributed by atoms with Crippen LogP contribution >= 0.6 is 0 Å². The van der Waals surface area contributed by atoms with E-state index in [1.165, 1.54) is 5.56 Å². The number of likely N-dealkylation sites (tertiary alicyclic amines) is 1. The van der Waals surface area contributed by atoms with Crippen LogP contribution in [-0.4, -0.2) is 73.4 Å². The van der Waals surface area contributed by atoms with E-state index in [4.69, 9.17) is 15.2 Å². The molecule has 0 spiro atoms. The number of nitrogens with two attached hydrogens (primary N) is 1. The molecule has 190 valence electrons. The van der Waals surface area contributed by atoms with Gasteiger partial charge in [-0.1, -0.05) is 30.3 Å². The molecule has 4 rings (SSSR count). The van der Waals surface area contributed by atoms with Crippen molar-refractivity contribution in [3.05, 3.63) is 47.7 Å². The largest absolute Gasteiger partial charge is 0.449 e. The van der Waals surface area contributed by atoms with Gasteiger partial charge in [-0.3, -0.25) is 0 Å². The Labute approximate surface area is 208 Å². The Morgan fingerprint density at radius 1 is 1.09 bits per heavy atom. The number of nitrogen functional groups attached to an aromatic ring is 1. The SMILES string of the molecule is CN[C@@H]1CCN(c2cc(C3CCN(C(=O)OCCCCOCc4ccccc4)CC3)nc(N)n2)C1. The van der Waals surface area contributed by atoms with Crippen molar-refractivity contribution >= 4 is 17.9 Å². The number of carbonyl (C=O) groups is 1. The number of amides is 1. The summed E-state index contributed by atoms with van der Waals surface area (Å²) >= 11 is 0. The van der Waals surface area contributed by atoms with Gasteiger partial charge < -0.3 is 30.3 Å². The van der Waals surface area contributed by atoms with Crippen molar-refractivity contribution in [1.29, 1.82) is 0 Å². The molecule has 35 heavy (non-hydrogen) atoms. The first-order chi connectivity index (χ1) is 17.1. The maximum Gasteiger partial charge on any atom is 0.409 e. The maximum absolute atomic E-state index is 12.5. The van der Waals surface area contributed by atoms with Crippen LogP contribution in [0, 0.1) is 0 Å². The first-order valence-corrected chi connectivity index (χ1v) is 12.7. The van der Waals surface area contributed by atoms with Gasteiger partial charge in [0, 0.05) is 50.8 Å². The summed E-state index contributed by atoms with van der Waals surface area (Å²) in [6, 6.07) is 12.7. The number of carbonyl (C=O) groups excluding carboxylic acids is 1. The van der Waals surface area contributed by atoms with E-state index in [9.17, 15) is 4.79 Å². The maximum atomic E-state index is 12.5. The predicted octanol–water partition coefficient (Wildman–Crippen LogP) is 3.17. The van der Waals surface area contributed by atoms with Crippen molar-refractivity contribution in [2.24, 2.45) is 0 Å². The lowest BCUT2D eigenvalue weighted by Gasteiger charge is -2.31. The van der Waals surface area contributed by atoms with Gasteiger partial charge in [0.2, 0.25) is 5.95 Å². The molecule has 1 aromatic heterocycles. The zero-order valence-electron chi connectivity index (χ0n) is 20.7. The lowest BCUT2D eigenvalue weighted by molar-refractivity contribution is 0.0825. The predicted molar refractivity (Wildman–Crippen MR) is 136 cm³/mol. The third-order valence-corrected chi connectivity index (χ3v) is 6.86. The summed E-state index contributed by atoms with van der Waals surface area (Å²) in [4.78, 5) is 25.5. The Kier molecular flexibility index (Phi) is 9.14. The summed E-state index contributed by atoms with van der Waals surface area (Å²) in [5, 5.41) is 3.33. The number of nitrogens with one attached hydrogen (secondary N) is 1. The molecule has 3 heterocycles. The molecule has 2 aromatic rings. The number of nitrogens with zero attached hydrogens (tertiary/aromatic N) is 4. The summed E-state index contributed by atoms with van der Waals surface area (Å²) in [6.45, 7) is 4.91. The monoisotopic (exact) mass is 482 g/mol. The van der Waals surface area contributed by atoms with Crippen LogP contribution in [0.5, 0.6) is 0 Å². The van der Waals surface area contributed by atoms with E-state index in [2.05, 4.69) is 38.4 Å². The number of piperidine rings is 1. The Bertz CT molecular complexity index is 936. The minimum atomic E-state index is -0.230. The quantitative estimate of drug-likeness (QED) is 0.498. The van der Waals surface area contributed by atoms with E-state index in [1.54, 1.807) is 4.90 Å². The third kappa shape index (κ3) is 7.29. The number of rotatable bonds is 10. The molecule has 0 unspecified atom stereocenters. The fourth-order valence-corrected chi connectivity index (χ4v) is 4.73. The van der Waals surface area contributed by atoms with Crippen molar-refractivity contribution in [2.75, 3.05) is 57.1 Å². The number of unbranched alkanes of at least 4 members (excludes halogenated alkanes) is 1. The number of ether oxygens (including phenoxy) is 2. The fraction of sp³-hybridized carbons (Fsp3) is 0.577. The van der Waals surface area contributed by atoms with Gasteiger partial charge in [0.15, 0.2) is 0 Å². The van der Waals surface area contributed by atoms with Crippen LogP contribution in [0.3, 0.4) is 0 Å². The van der Waals surface area contributed by atoms with Crippen molar-refractivity contribution < 1.29 is 14.3 Å². The lowest BCUT2D eigenvalue weighted by atomic mass is 9.93. The number of likely N-dealkylation sites (N-methyl/N-ethyl adjacent to an activating group) is 1. The number of hydrogen-bond acceptors (Lipinski definition) is 8. The fourth-order valence-electron chi connectivity index (χ4n) is 4.73. The third-order valence-electron chi connectivity index (χ3n) is 6.86. The molecule has 9 heteroatoms. The summed E-state index contributed by atoms with van der Waals surface area (Å²) in [5.74, 6) is 1.49. The van der Waals surface area contributed by atoms with Crippen LogP contribution in [0.4, 0.5) is 16.6 Å². The average Bonchev–Trinajstić information content (AvgIpc) is 3.38. The summed E-state index contributed by atoms with van der Waals surface area (Å²) in [6.07, 6.45) is 4.22. The van der Waals surface area contributed by atoms with Crippen LogP contribution in [0.15, 0.2) is 36.4 Å². The van der Waals surface area contributed by atoms with E-state index in [1.807, 2.05) is 25.2 Å². The molecule has 0 radical (unpaired) electrons. The average molecular weight is 483 g/mol. The highest BCUT2D eigenvalue weighted by Gasteiger charge is 2.28. The summed E-state index contributed by atoms with van der Waals surface area (Å²) < 4.78 is 11.2. The highest BCUT2D eigenvalue weighted by atomic mass is 16.6. The number of benzene rings is 1. The molecule has 3 N–H and O–H groups in total. The van der Waals surface area contributed by atoms with Crippen LogP contribution < -0.4 is 16.0 Å². The molecular formula is C26H38N6O3. The zero-order valence-corrected chi connectivity index (χ0v) is 20.7. The van der Waals surface area contributed by atoms with Crippen LogP contribution in [-0.2, 0) is 16.1 Å². The normalized spacial score (nSPS) is 18.7. The standard InChI is InChI=1S/C26H38N6O3/c1-28-22-11-14-32(18-22)24-17-23(29-25(27)30-24)21-9-12-31(13-10-21)26(33)35-16-6-5-15-34-19-20-7-3-2-4-8-20/h2-4,7-8,17,21-22,28H,5-6,9-16,18-19H2,1H3,(H2,27,29,30)/t22-/m1/s1. The molecule has 2 aliphatic heterocycles. The molecular weight excluding hydrogens is 444 g/mol. The number of aromatic nitrogens is 2. The van der Waals surface area contributed by atoms with Crippen molar-refractivity contribution in [3.8, 4) is 0 Å². The molecule has 0 aliphatic carbocycles. The number of anilines is 2. The van der Waals surface area contributed by atoms with Gasteiger partial charge in [0.05, 0.1) is 18.9 Å². The van der Waals surface area contributed by atoms with Gasteiger partial charge in [-0.05, 0) is 44.7 Å². The first-order valence-electron chi connectivity index (χ1n) is 12.7. The second kappa shape index (κ2) is 12.7. The Morgan fingerprint density at radius 2 is 1.86 bits per heavy atom. The molecule has 0 saturated carbocycles. The second-order valence-electron chi connectivity index (χ2n) is 9.35. The molecule has 0 bridgehead atoms. The zero-order chi connectivity index (χ0) is 24.5. The first kappa shape index (κ1) is 25.2. The van der Waals surface area contributed by atoms with Crippen molar-refractivity contribution in [2.45, 2.75) is 50.7 Å². The molecule has 1 amide bonds. The van der Waals surface area contributed by atoms with E-state index >= 15 is 0 Å². The van der Waals surface area contributed by atoms with E-state index in [-0.39, 0.29) is 12.0 Å². The van der Waals surface area contributed by atoms with Gasteiger partial charge in [0.25, 0.3) is 0 Å². The van der Waals surface area contributed by atoms with E-state index in [0.29, 0.717) is 44.9 Å². The van der Waals surface area contributed by atoms with Crippen LogP contribution in [0.2, 0.25) is 0 Å². The topological polar surface area (TPSA) is 106 Å². The molecule has 2 aliphatic rings.